The van der Waals surface area contributed by atoms with Crippen LogP contribution in [-0.2, 0) is 4.79 Å². The molecule has 2 rings (SSSR count). The molecule has 0 aromatic carbocycles. The SMILES string of the molecule is CC(C)C[C@H](N)C(=O)NCC1(N2CCSCC2)CCCC1.Cl.Cl. The summed E-state index contributed by atoms with van der Waals surface area (Å²) in [6.07, 6.45) is 5.78. The zero-order valence-corrected chi connectivity index (χ0v) is 16.8. The van der Waals surface area contributed by atoms with Crippen LogP contribution in [0.15, 0.2) is 0 Å². The van der Waals surface area contributed by atoms with E-state index in [-0.39, 0.29) is 42.3 Å². The second kappa shape index (κ2) is 11.0. The number of carbonyl (C=O) groups is 1. The Labute approximate surface area is 157 Å². The molecule has 0 unspecified atom stereocenters. The monoisotopic (exact) mass is 385 g/mol. The number of nitrogens with two attached hydrogens (primary N) is 1. The smallest absolute Gasteiger partial charge is 0.236 e. The summed E-state index contributed by atoms with van der Waals surface area (Å²) in [7, 11) is 0. The number of hydrogen-bond donors (Lipinski definition) is 2. The van der Waals surface area contributed by atoms with Crippen molar-refractivity contribution >= 4 is 42.5 Å². The Morgan fingerprint density at radius 2 is 1.78 bits per heavy atom. The third-order valence-electron chi connectivity index (χ3n) is 4.87. The van der Waals surface area contributed by atoms with Gasteiger partial charge < -0.3 is 11.1 Å². The van der Waals surface area contributed by atoms with Crippen molar-refractivity contribution in [2.45, 2.75) is 57.5 Å². The normalized spacial score (nSPS) is 22.1. The quantitative estimate of drug-likeness (QED) is 0.737. The average molecular weight is 386 g/mol. The van der Waals surface area contributed by atoms with Crippen LogP contribution in [0.3, 0.4) is 0 Å². The summed E-state index contributed by atoms with van der Waals surface area (Å²) in [5.41, 5.74) is 6.20. The van der Waals surface area contributed by atoms with E-state index in [1.54, 1.807) is 0 Å². The number of thioether (sulfide) groups is 1. The van der Waals surface area contributed by atoms with Crippen LogP contribution in [0.5, 0.6) is 0 Å². The molecule has 0 radical (unpaired) electrons. The number of nitrogens with one attached hydrogen (secondary N) is 1. The average Bonchev–Trinajstić information content (AvgIpc) is 2.95. The molecule has 3 N–H and O–H groups in total. The van der Waals surface area contributed by atoms with Gasteiger partial charge in [-0.3, -0.25) is 9.69 Å². The lowest BCUT2D eigenvalue weighted by Crippen LogP contribution is -2.57. The zero-order valence-electron chi connectivity index (χ0n) is 14.4. The second-order valence-corrected chi connectivity index (χ2v) is 8.21. The van der Waals surface area contributed by atoms with Crippen molar-refractivity contribution in [3.8, 4) is 0 Å². The molecule has 0 spiro atoms. The van der Waals surface area contributed by atoms with Gasteiger partial charge in [0.05, 0.1) is 6.04 Å². The lowest BCUT2D eigenvalue weighted by atomic mass is 9.94. The Hall–Kier alpha value is 0.320. The first-order valence-electron chi connectivity index (χ1n) is 8.39. The maximum absolute atomic E-state index is 12.2. The van der Waals surface area contributed by atoms with Crippen LogP contribution in [0.2, 0.25) is 0 Å². The van der Waals surface area contributed by atoms with E-state index in [1.807, 2.05) is 11.8 Å². The van der Waals surface area contributed by atoms with Crippen molar-refractivity contribution in [2.24, 2.45) is 11.7 Å². The fraction of sp³-hybridized carbons (Fsp3) is 0.938. The minimum absolute atomic E-state index is 0. The molecule has 1 atom stereocenters. The topological polar surface area (TPSA) is 58.4 Å². The highest BCUT2D eigenvalue weighted by Crippen LogP contribution is 2.36. The van der Waals surface area contributed by atoms with E-state index >= 15 is 0 Å². The summed E-state index contributed by atoms with van der Waals surface area (Å²) < 4.78 is 0. The van der Waals surface area contributed by atoms with Crippen molar-refractivity contribution in [3.63, 3.8) is 0 Å². The number of rotatable bonds is 6. The van der Waals surface area contributed by atoms with Crippen LogP contribution >= 0.6 is 36.6 Å². The molecule has 0 bridgehead atoms. The molecule has 4 nitrogen and oxygen atoms in total. The number of carbonyl (C=O) groups excluding carboxylic acids is 1. The van der Waals surface area contributed by atoms with Crippen LogP contribution in [0.4, 0.5) is 0 Å². The first-order valence-corrected chi connectivity index (χ1v) is 9.55. The van der Waals surface area contributed by atoms with Gasteiger partial charge in [0.2, 0.25) is 5.91 Å². The highest BCUT2D eigenvalue weighted by molar-refractivity contribution is 7.99. The fourth-order valence-electron chi connectivity index (χ4n) is 3.67. The first kappa shape index (κ1) is 23.3. The highest BCUT2D eigenvalue weighted by Gasteiger charge is 2.40. The lowest BCUT2D eigenvalue weighted by molar-refractivity contribution is -0.123. The minimum Gasteiger partial charge on any atom is -0.353 e. The molecule has 1 saturated heterocycles. The molecular weight excluding hydrogens is 353 g/mol. The van der Waals surface area contributed by atoms with E-state index in [2.05, 4.69) is 24.1 Å². The van der Waals surface area contributed by atoms with Gasteiger partial charge in [-0.05, 0) is 25.2 Å². The number of amides is 1. The second-order valence-electron chi connectivity index (χ2n) is 6.98. The summed E-state index contributed by atoms with van der Waals surface area (Å²) >= 11 is 2.04. The van der Waals surface area contributed by atoms with Gasteiger partial charge in [0, 0.05) is 36.7 Å². The number of halogens is 2. The lowest BCUT2D eigenvalue weighted by Gasteiger charge is -2.43. The van der Waals surface area contributed by atoms with Crippen molar-refractivity contribution in [2.75, 3.05) is 31.1 Å². The summed E-state index contributed by atoms with van der Waals surface area (Å²) in [4.78, 5) is 14.8. The van der Waals surface area contributed by atoms with Crippen molar-refractivity contribution in [1.29, 1.82) is 0 Å². The molecular formula is C16H33Cl2N3OS. The third-order valence-corrected chi connectivity index (χ3v) is 5.81. The van der Waals surface area contributed by atoms with E-state index in [0.717, 1.165) is 13.0 Å². The molecule has 2 fully saturated rings. The van der Waals surface area contributed by atoms with Crippen molar-refractivity contribution in [3.05, 3.63) is 0 Å². The molecule has 23 heavy (non-hydrogen) atoms. The largest absolute Gasteiger partial charge is 0.353 e. The Bertz CT molecular complexity index is 346. The molecule has 1 amide bonds. The van der Waals surface area contributed by atoms with Crippen LogP contribution in [-0.4, -0.2) is 53.5 Å². The predicted molar refractivity (Wildman–Crippen MR) is 105 cm³/mol. The standard InChI is InChI=1S/C16H31N3OS.2ClH/c1-13(2)11-14(17)15(20)18-12-16(5-3-4-6-16)19-7-9-21-10-8-19;;/h13-14H,3-12,17H2,1-2H3,(H,18,20);2*1H/t14-;;/m0../s1. The highest BCUT2D eigenvalue weighted by atomic mass is 35.5. The Balaban J connectivity index is 0.00000242. The van der Waals surface area contributed by atoms with Gasteiger partial charge in [0.25, 0.3) is 0 Å². The minimum atomic E-state index is -0.361. The summed E-state index contributed by atoms with van der Waals surface area (Å²) in [6.45, 7) is 7.33. The molecule has 1 heterocycles. The van der Waals surface area contributed by atoms with E-state index in [1.165, 1.54) is 50.3 Å². The maximum Gasteiger partial charge on any atom is 0.236 e. The predicted octanol–water partition coefficient (Wildman–Crippen LogP) is 2.68. The molecule has 0 aromatic rings. The van der Waals surface area contributed by atoms with E-state index in [9.17, 15) is 4.79 Å². The van der Waals surface area contributed by atoms with Gasteiger partial charge in [0.15, 0.2) is 0 Å². The van der Waals surface area contributed by atoms with Gasteiger partial charge in [-0.2, -0.15) is 11.8 Å². The summed E-state index contributed by atoms with van der Waals surface area (Å²) in [5.74, 6) is 2.94. The summed E-state index contributed by atoms with van der Waals surface area (Å²) in [6, 6.07) is -0.361. The Morgan fingerprint density at radius 3 is 2.30 bits per heavy atom. The first-order chi connectivity index (χ1) is 10.0. The van der Waals surface area contributed by atoms with Crippen LogP contribution in [0.1, 0.15) is 46.0 Å². The molecule has 0 aromatic heterocycles. The van der Waals surface area contributed by atoms with Gasteiger partial charge in [-0.1, -0.05) is 26.7 Å². The molecule has 2 aliphatic rings. The van der Waals surface area contributed by atoms with Crippen molar-refractivity contribution in [1.82, 2.24) is 10.2 Å². The number of hydrogen-bond acceptors (Lipinski definition) is 4. The van der Waals surface area contributed by atoms with E-state index in [0.29, 0.717) is 5.92 Å². The third kappa shape index (κ3) is 6.62. The van der Waals surface area contributed by atoms with Gasteiger partial charge in [0.1, 0.15) is 0 Å². The molecule has 138 valence electrons. The van der Waals surface area contributed by atoms with Gasteiger partial charge >= 0.3 is 0 Å². The van der Waals surface area contributed by atoms with Crippen LogP contribution in [0.25, 0.3) is 0 Å². The molecule has 1 saturated carbocycles. The van der Waals surface area contributed by atoms with Gasteiger partial charge in [-0.15, -0.1) is 24.8 Å². The Kier molecular flexibility index (Phi) is 11.2. The number of nitrogens with zero attached hydrogens (tertiary/aromatic N) is 1. The van der Waals surface area contributed by atoms with Crippen LogP contribution < -0.4 is 11.1 Å². The molecule has 7 heteroatoms. The summed E-state index contributed by atoms with van der Waals surface area (Å²) in [5, 5.41) is 3.16. The van der Waals surface area contributed by atoms with E-state index in [4.69, 9.17) is 5.73 Å². The van der Waals surface area contributed by atoms with Crippen LogP contribution in [0, 0.1) is 5.92 Å². The maximum atomic E-state index is 12.2. The Morgan fingerprint density at radius 1 is 1.22 bits per heavy atom. The van der Waals surface area contributed by atoms with E-state index < -0.39 is 0 Å². The zero-order chi connectivity index (χ0) is 15.3. The van der Waals surface area contributed by atoms with Crippen molar-refractivity contribution < 1.29 is 4.79 Å². The van der Waals surface area contributed by atoms with Gasteiger partial charge in [-0.25, -0.2) is 0 Å². The molecule has 1 aliphatic carbocycles. The molecule has 1 aliphatic heterocycles. The fourth-order valence-corrected chi connectivity index (χ4v) is 4.58.